The van der Waals surface area contributed by atoms with Crippen molar-refractivity contribution in [1.82, 2.24) is 4.90 Å². The monoisotopic (exact) mass is 223 g/mol. The molecule has 3 heteroatoms. The lowest BCUT2D eigenvalue weighted by atomic mass is 9.88. The zero-order chi connectivity index (χ0) is 11.2. The highest BCUT2D eigenvalue weighted by atomic mass is 15.1. The van der Waals surface area contributed by atoms with Crippen molar-refractivity contribution in [2.45, 2.75) is 44.9 Å². The van der Waals surface area contributed by atoms with Gasteiger partial charge in [-0.15, -0.1) is 0 Å². The maximum Gasteiger partial charge on any atom is 0.0968 e. The topological polar surface area (TPSA) is 41.6 Å². The molecule has 2 rings (SSSR count). The first kappa shape index (κ1) is 11.9. The minimum absolute atomic E-state index is 0.590. The predicted molar refractivity (Wildman–Crippen MR) is 68.7 cm³/mol. The Kier molecular flexibility index (Phi) is 4.64. The van der Waals surface area contributed by atoms with Crippen LogP contribution >= 0.6 is 0 Å². The summed E-state index contributed by atoms with van der Waals surface area (Å²) >= 11 is 0. The summed E-state index contributed by atoms with van der Waals surface area (Å²) in [5, 5.41) is 0. The highest BCUT2D eigenvalue weighted by Gasteiger charge is 2.16. The Morgan fingerprint density at radius 2 is 1.75 bits per heavy atom. The van der Waals surface area contributed by atoms with E-state index in [9.17, 15) is 0 Å². The van der Waals surface area contributed by atoms with Gasteiger partial charge >= 0.3 is 0 Å². The quantitative estimate of drug-likeness (QED) is 0.585. The normalized spacial score (nSPS) is 25.1. The lowest BCUT2D eigenvalue weighted by Crippen LogP contribution is -2.28. The van der Waals surface area contributed by atoms with Crippen LogP contribution in [0.3, 0.4) is 0 Å². The number of aliphatic imine (C=N–C) groups is 1. The fourth-order valence-electron chi connectivity index (χ4n) is 2.85. The van der Waals surface area contributed by atoms with Crippen LogP contribution in [-0.4, -0.2) is 36.9 Å². The van der Waals surface area contributed by atoms with Crippen LogP contribution < -0.4 is 5.73 Å². The highest BCUT2D eigenvalue weighted by molar-refractivity contribution is 5.82. The van der Waals surface area contributed by atoms with Crippen LogP contribution in [0.1, 0.15) is 44.9 Å². The second-order valence-electron chi connectivity index (χ2n) is 5.19. The van der Waals surface area contributed by atoms with Crippen LogP contribution in [0.5, 0.6) is 0 Å². The molecule has 1 saturated carbocycles. The third-order valence-corrected chi connectivity index (χ3v) is 3.93. The lowest BCUT2D eigenvalue weighted by molar-refractivity contribution is 0.348. The van der Waals surface area contributed by atoms with Gasteiger partial charge < -0.3 is 10.6 Å². The molecule has 2 fully saturated rings. The van der Waals surface area contributed by atoms with E-state index in [0.29, 0.717) is 5.92 Å². The number of nitrogens with two attached hydrogens (primary N) is 1. The number of hydrogen-bond donors (Lipinski definition) is 1. The Balaban J connectivity index is 1.68. The minimum atomic E-state index is 0.590. The van der Waals surface area contributed by atoms with E-state index >= 15 is 0 Å². The third kappa shape index (κ3) is 3.48. The molecule has 1 heterocycles. The van der Waals surface area contributed by atoms with E-state index in [2.05, 4.69) is 9.89 Å². The van der Waals surface area contributed by atoms with E-state index in [1.54, 1.807) is 0 Å². The summed E-state index contributed by atoms with van der Waals surface area (Å²) in [6.07, 6.45) is 9.32. The van der Waals surface area contributed by atoms with Crippen LogP contribution in [-0.2, 0) is 0 Å². The van der Waals surface area contributed by atoms with Crippen LogP contribution in [0.25, 0.3) is 0 Å². The fraction of sp³-hybridized carbons (Fsp3) is 0.923. The molecule has 0 radical (unpaired) electrons. The second kappa shape index (κ2) is 6.24. The first-order valence-corrected chi connectivity index (χ1v) is 6.88. The van der Waals surface area contributed by atoms with Gasteiger partial charge in [0.25, 0.3) is 0 Å². The van der Waals surface area contributed by atoms with Gasteiger partial charge in [0.1, 0.15) is 0 Å². The summed E-state index contributed by atoms with van der Waals surface area (Å²) in [6, 6.07) is 0. The Morgan fingerprint density at radius 1 is 1.06 bits per heavy atom. The number of hydrogen-bond acceptors (Lipinski definition) is 2. The van der Waals surface area contributed by atoms with Gasteiger partial charge in [0, 0.05) is 12.5 Å². The zero-order valence-electron chi connectivity index (χ0n) is 10.3. The summed E-state index contributed by atoms with van der Waals surface area (Å²) in [4.78, 5) is 7.06. The van der Waals surface area contributed by atoms with Gasteiger partial charge in [0.2, 0.25) is 0 Å². The van der Waals surface area contributed by atoms with Crippen molar-refractivity contribution >= 4 is 5.84 Å². The lowest BCUT2D eigenvalue weighted by Gasteiger charge is -2.21. The van der Waals surface area contributed by atoms with Gasteiger partial charge in [0.05, 0.1) is 12.4 Å². The molecule has 1 aliphatic heterocycles. The molecule has 1 saturated heterocycles. The average molecular weight is 223 g/mol. The van der Waals surface area contributed by atoms with Crippen LogP contribution in [0, 0.1) is 5.92 Å². The smallest absolute Gasteiger partial charge is 0.0968 e. The molecule has 0 amide bonds. The Morgan fingerprint density at radius 3 is 2.44 bits per heavy atom. The van der Waals surface area contributed by atoms with Crippen molar-refractivity contribution in [3.63, 3.8) is 0 Å². The summed E-state index contributed by atoms with van der Waals surface area (Å²) < 4.78 is 0. The molecule has 16 heavy (non-hydrogen) atoms. The first-order chi connectivity index (χ1) is 7.86. The maximum absolute atomic E-state index is 6.06. The van der Waals surface area contributed by atoms with E-state index in [4.69, 9.17) is 5.73 Å². The van der Waals surface area contributed by atoms with E-state index in [0.717, 1.165) is 18.9 Å². The summed E-state index contributed by atoms with van der Waals surface area (Å²) in [5.74, 6) is 1.52. The van der Waals surface area contributed by atoms with Gasteiger partial charge in [-0.3, -0.25) is 4.99 Å². The second-order valence-corrected chi connectivity index (χ2v) is 5.19. The van der Waals surface area contributed by atoms with Gasteiger partial charge in [0.15, 0.2) is 0 Å². The molecule has 2 N–H and O–H groups in total. The van der Waals surface area contributed by atoms with Crippen molar-refractivity contribution in [3.05, 3.63) is 0 Å². The SMILES string of the molecule is NC(=NCCN1CCCC1)C1CCCCC1. The summed E-state index contributed by atoms with van der Waals surface area (Å²) in [7, 11) is 0. The summed E-state index contributed by atoms with van der Waals surface area (Å²) in [5.41, 5.74) is 6.06. The Bertz CT molecular complexity index is 225. The standard InChI is InChI=1S/C13H25N3/c14-13(12-6-2-1-3-7-12)15-8-11-16-9-4-5-10-16/h12H,1-11H2,(H2,14,15). The van der Waals surface area contributed by atoms with Crippen LogP contribution in [0.15, 0.2) is 4.99 Å². The number of rotatable bonds is 4. The minimum Gasteiger partial charge on any atom is -0.387 e. The molecule has 2 aliphatic rings. The molecule has 1 aliphatic carbocycles. The molecular formula is C13H25N3. The first-order valence-electron chi connectivity index (χ1n) is 6.88. The predicted octanol–water partition coefficient (Wildman–Crippen LogP) is 2.02. The van der Waals surface area contributed by atoms with E-state index in [-0.39, 0.29) is 0 Å². The van der Waals surface area contributed by atoms with E-state index < -0.39 is 0 Å². The van der Waals surface area contributed by atoms with Crippen molar-refractivity contribution in [2.75, 3.05) is 26.2 Å². The number of nitrogens with zero attached hydrogens (tertiary/aromatic N) is 2. The number of likely N-dealkylation sites (tertiary alicyclic amines) is 1. The largest absolute Gasteiger partial charge is 0.387 e. The molecule has 0 bridgehead atoms. The Labute approximate surface area is 99.1 Å². The molecule has 92 valence electrons. The Hall–Kier alpha value is -0.570. The maximum atomic E-state index is 6.06. The van der Waals surface area contributed by atoms with Gasteiger partial charge in [-0.1, -0.05) is 19.3 Å². The molecular weight excluding hydrogens is 198 g/mol. The van der Waals surface area contributed by atoms with Crippen LogP contribution in [0.2, 0.25) is 0 Å². The molecule has 0 aromatic rings. The van der Waals surface area contributed by atoms with E-state index in [1.807, 2.05) is 0 Å². The molecule has 0 unspecified atom stereocenters. The van der Waals surface area contributed by atoms with Gasteiger partial charge in [-0.25, -0.2) is 0 Å². The van der Waals surface area contributed by atoms with Gasteiger partial charge in [-0.2, -0.15) is 0 Å². The van der Waals surface area contributed by atoms with Gasteiger partial charge in [-0.05, 0) is 38.8 Å². The molecule has 3 nitrogen and oxygen atoms in total. The third-order valence-electron chi connectivity index (χ3n) is 3.93. The van der Waals surface area contributed by atoms with Crippen molar-refractivity contribution in [3.8, 4) is 0 Å². The summed E-state index contributed by atoms with van der Waals surface area (Å²) in [6.45, 7) is 4.54. The fourth-order valence-corrected chi connectivity index (χ4v) is 2.85. The van der Waals surface area contributed by atoms with E-state index in [1.165, 1.54) is 58.0 Å². The van der Waals surface area contributed by atoms with Crippen molar-refractivity contribution < 1.29 is 0 Å². The molecule has 0 aromatic heterocycles. The average Bonchev–Trinajstić information content (AvgIpc) is 2.83. The van der Waals surface area contributed by atoms with Crippen molar-refractivity contribution in [1.29, 1.82) is 0 Å². The van der Waals surface area contributed by atoms with Crippen LogP contribution in [0.4, 0.5) is 0 Å². The highest BCUT2D eigenvalue weighted by Crippen LogP contribution is 2.23. The molecule has 0 spiro atoms. The molecule has 0 aromatic carbocycles. The van der Waals surface area contributed by atoms with Crippen molar-refractivity contribution in [2.24, 2.45) is 16.6 Å². The molecule has 0 atom stereocenters. The number of amidine groups is 1. The zero-order valence-corrected chi connectivity index (χ0v) is 10.3.